The maximum atomic E-state index is 12.4. The molecule has 1 N–H and O–H groups in total. The molecule has 1 amide bonds. The minimum absolute atomic E-state index is 0.309. The van der Waals surface area contributed by atoms with Gasteiger partial charge in [0, 0.05) is 41.8 Å². The second kappa shape index (κ2) is 10.4. The molecule has 160 valence electrons. The fourth-order valence-electron chi connectivity index (χ4n) is 3.24. The van der Waals surface area contributed by atoms with Crippen molar-refractivity contribution in [3.8, 4) is 0 Å². The summed E-state index contributed by atoms with van der Waals surface area (Å²) in [5.41, 5.74) is 5.18. The van der Waals surface area contributed by atoms with Gasteiger partial charge in [0.15, 0.2) is 0 Å². The van der Waals surface area contributed by atoms with Crippen molar-refractivity contribution >= 4 is 49.9 Å². The zero-order chi connectivity index (χ0) is 21.6. The molecule has 7 nitrogen and oxygen atoms in total. The summed E-state index contributed by atoms with van der Waals surface area (Å²) in [6, 6.07) is 17.3. The van der Waals surface area contributed by atoms with Gasteiger partial charge in [-0.2, -0.15) is 5.10 Å². The van der Waals surface area contributed by atoms with Crippen LogP contribution in [-0.4, -0.2) is 50.8 Å². The smallest absolute Gasteiger partial charge is 0.260 e. The molecule has 1 aliphatic heterocycles. The second-order valence-corrected chi connectivity index (χ2v) is 10.4. The Kier molecular flexibility index (Phi) is 7.84. The van der Waals surface area contributed by atoms with Crippen molar-refractivity contribution in [1.82, 2.24) is 10.3 Å². The van der Waals surface area contributed by atoms with Crippen molar-refractivity contribution in [1.29, 1.82) is 0 Å². The molecule has 0 bridgehead atoms. The Labute approximate surface area is 191 Å². The molecular formula is C21H25IN4O3S. The van der Waals surface area contributed by atoms with Gasteiger partial charge in [0.25, 0.3) is 5.91 Å². The maximum Gasteiger partial charge on any atom is 0.260 e. The first-order valence-corrected chi connectivity index (χ1v) is 12.6. The van der Waals surface area contributed by atoms with Gasteiger partial charge in [-0.1, -0.05) is 30.3 Å². The van der Waals surface area contributed by atoms with E-state index < -0.39 is 15.9 Å². The van der Waals surface area contributed by atoms with Crippen LogP contribution in [0.5, 0.6) is 0 Å². The van der Waals surface area contributed by atoms with Crippen molar-refractivity contribution in [2.24, 2.45) is 5.10 Å². The summed E-state index contributed by atoms with van der Waals surface area (Å²) in [7, 11) is -3.59. The lowest BCUT2D eigenvalue weighted by Gasteiger charge is -2.27. The number of hydrogen-bond donors (Lipinski definition) is 1. The SMILES string of the molecule is CS(=O)(=O)N(CC(=O)NN=C1CCN(Cc2ccccc2)CC1)c1ccc(I)cc1. The normalized spacial score (nSPS) is 14.9. The highest BCUT2D eigenvalue weighted by atomic mass is 127. The van der Waals surface area contributed by atoms with Crippen molar-refractivity contribution in [2.45, 2.75) is 19.4 Å². The minimum atomic E-state index is -3.59. The van der Waals surface area contributed by atoms with Crippen molar-refractivity contribution < 1.29 is 13.2 Å². The molecule has 1 saturated heterocycles. The zero-order valence-corrected chi connectivity index (χ0v) is 19.8. The van der Waals surface area contributed by atoms with Crippen molar-refractivity contribution in [3.05, 3.63) is 63.7 Å². The molecule has 30 heavy (non-hydrogen) atoms. The van der Waals surface area contributed by atoms with E-state index >= 15 is 0 Å². The third kappa shape index (κ3) is 6.78. The Morgan fingerprint density at radius 3 is 2.33 bits per heavy atom. The van der Waals surface area contributed by atoms with Crippen LogP contribution in [0.25, 0.3) is 0 Å². The highest BCUT2D eigenvalue weighted by Crippen LogP contribution is 2.19. The predicted octanol–water partition coefficient (Wildman–Crippen LogP) is 2.83. The molecule has 0 atom stereocenters. The molecule has 0 aliphatic carbocycles. The highest BCUT2D eigenvalue weighted by Gasteiger charge is 2.21. The van der Waals surface area contributed by atoms with Gasteiger partial charge >= 0.3 is 0 Å². The number of carbonyl (C=O) groups excluding carboxylic acids is 1. The summed E-state index contributed by atoms with van der Waals surface area (Å²) in [5, 5.41) is 4.24. The number of benzene rings is 2. The summed E-state index contributed by atoms with van der Waals surface area (Å²) in [5.74, 6) is -0.460. The van der Waals surface area contributed by atoms with E-state index in [1.165, 1.54) is 5.56 Å². The average Bonchev–Trinajstić information content (AvgIpc) is 2.72. The number of amides is 1. The van der Waals surface area contributed by atoms with Crippen LogP contribution < -0.4 is 9.73 Å². The van der Waals surface area contributed by atoms with Crippen LogP contribution >= 0.6 is 22.6 Å². The predicted molar refractivity (Wildman–Crippen MR) is 128 cm³/mol. The summed E-state index contributed by atoms with van der Waals surface area (Å²) >= 11 is 2.14. The van der Waals surface area contributed by atoms with Crippen LogP contribution in [-0.2, 0) is 21.4 Å². The average molecular weight is 540 g/mol. The van der Waals surface area contributed by atoms with E-state index in [1.807, 2.05) is 18.2 Å². The molecule has 0 saturated carbocycles. The molecule has 0 radical (unpaired) electrons. The van der Waals surface area contributed by atoms with E-state index in [0.29, 0.717) is 5.69 Å². The van der Waals surface area contributed by atoms with E-state index in [9.17, 15) is 13.2 Å². The number of piperidine rings is 1. The van der Waals surface area contributed by atoms with Crippen LogP contribution in [0.1, 0.15) is 18.4 Å². The van der Waals surface area contributed by atoms with Gasteiger partial charge in [0.05, 0.1) is 11.9 Å². The lowest BCUT2D eigenvalue weighted by Crippen LogP contribution is -2.40. The number of nitrogens with zero attached hydrogens (tertiary/aromatic N) is 3. The van der Waals surface area contributed by atoms with Gasteiger partial charge in [-0.3, -0.25) is 14.0 Å². The number of rotatable bonds is 7. The largest absolute Gasteiger partial charge is 0.298 e. The lowest BCUT2D eigenvalue weighted by molar-refractivity contribution is -0.119. The molecule has 3 rings (SSSR count). The van der Waals surface area contributed by atoms with Crippen LogP contribution in [0.2, 0.25) is 0 Å². The standard InChI is InChI=1S/C21H25IN4O3S/c1-30(28,29)26(20-9-7-18(22)8-10-20)16-21(27)24-23-19-11-13-25(14-12-19)15-17-5-3-2-4-6-17/h2-10H,11-16H2,1H3,(H,24,27). The highest BCUT2D eigenvalue weighted by molar-refractivity contribution is 14.1. The van der Waals surface area contributed by atoms with Crippen molar-refractivity contribution in [2.75, 3.05) is 30.2 Å². The fourth-order valence-corrected chi connectivity index (χ4v) is 4.45. The van der Waals surface area contributed by atoms with Gasteiger partial charge in [-0.15, -0.1) is 0 Å². The number of hydrogen-bond acceptors (Lipinski definition) is 5. The minimum Gasteiger partial charge on any atom is -0.298 e. The van der Waals surface area contributed by atoms with Gasteiger partial charge < -0.3 is 0 Å². The maximum absolute atomic E-state index is 12.4. The summed E-state index contributed by atoms with van der Waals surface area (Å²) in [6.45, 7) is 2.35. The molecule has 2 aromatic rings. The van der Waals surface area contributed by atoms with Crippen LogP contribution in [0.15, 0.2) is 59.7 Å². The van der Waals surface area contributed by atoms with Crippen molar-refractivity contribution in [3.63, 3.8) is 0 Å². The molecule has 9 heteroatoms. The van der Waals surface area contributed by atoms with Gasteiger partial charge in [-0.25, -0.2) is 13.8 Å². The summed E-state index contributed by atoms with van der Waals surface area (Å²) < 4.78 is 26.4. The molecule has 0 spiro atoms. The molecule has 2 aromatic carbocycles. The Hall–Kier alpha value is -1.98. The van der Waals surface area contributed by atoms with Gasteiger partial charge in [0.2, 0.25) is 10.0 Å². The first kappa shape index (κ1) is 22.7. The Bertz CT molecular complexity index is 985. The van der Waals surface area contributed by atoms with E-state index in [1.54, 1.807) is 24.3 Å². The number of anilines is 1. The van der Waals surface area contributed by atoms with E-state index in [0.717, 1.165) is 52.3 Å². The third-order valence-corrected chi connectivity index (χ3v) is 6.68. The number of carbonyl (C=O) groups is 1. The molecule has 1 aliphatic rings. The number of sulfonamides is 1. The van der Waals surface area contributed by atoms with E-state index in [4.69, 9.17) is 0 Å². The molecule has 0 aromatic heterocycles. The van der Waals surface area contributed by atoms with Gasteiger partial charge in [-0.05, 0) is 52.4 Å². The van der Waals surface area contributed by atoms with E-state index in [2.05, 4.69) is 50.2 Å². The summed E-state index contributed by atoms with van der Waals surface area (Å²) in [4.78, 5) is 14.7. The second-order valence-electron chi connectivity index (χ2n) is 7.22. The molecule has 1 heterocycles. The van der Waals surface area contributed by atoms with Crippen LogP contribution in [0, 0.1) is 3.57 Å². The zero-order valence-electron chi connectivity index (χ0n) is 16.8. The Balaban J connectivity index is 1.53. The number of hydrazone groups is 1. The van der Waals surface area contributed by atoms with Gasteiger partial charge in [0.1, 0.15) is 6.54 Å². The first-order chi connectivity index (χ1) is 14.3. The summed E-state index contributed by atoms with van der Waals surface area (Å²) in [6.07, 6.45) is 2.65. The third-order valence-electron chi connectivity index (χ3n) is 4.82. The quantitative estimate of drug-likeness (QED) is 0.433. The molecular weight excluding hydrogens is 515 g/mol. The van der Waals surface area contributed by atoms with Crippen LogP contribution in [0.4, 0.5) is 5.69 Å². The number of nitrogens with one attached hydrogen (secondary N) is 1. The first-order valence-electron chi connectivity index (χ1n) is 9.65. The lowest BCUT2D eigenvalue weighted by atomic mass is 10.1. The topological polar surface area (TPSA) is 82.1 Å². The number of likely N-dealkylation sites (tertiary alicyclic amines) is 1. The fraction of sp³-hybridized carbons (Fsp3) is 0.333. The monoisotopic (exact) mass is 540 g/mol. The van der Waals surface area contributed by atoms with Crippen LogP contribution in [0.3, 0.4) is 0 Å². The molecule has 1 fully saturated rings. The number of halogens is 1. The Morgan fingerprint density at radius 1 is 1.10 bits per heavy atom. The molecule has 0 unspecified atom stereocenters. The van der Waals surface area contributed by atoms with E-state index in [-0.39, 0.29) is 6.54 Å². The Morgan fingerprint density at radius 2 is 1.73 bits per heavy atom.